The lowest BCUT2D eigenvalue weighted by atomic mass is 10.2. The van der Waals surface area contributed by atoms with Gasteiger partial charge >= 0.3 is 0 Å². The zero-order chi connectivity index (χ0) is 20.1. The fourth-order valence-electron chi connectivity index (χ4n) is 3.40. The van der Waals surface area contributed by atoms with E-state index < -0.39 is 6.04 Å². The van der Waals surface area contributed by atoms with E-state index in [-0.39, 0.29) is 5.91 Å². The van der Waals surface area contributed by atoms with Crippen LogP contribution in [0, 0.1) is 0 Å². The smallest absolute Gasteiger partial charge is 0.246 e. The summed E-state index contributed by atoms with van der Waals surface area (Å²) in [5, 5.41) is 7.05. The molecule has 0 aliphatic carbocycles. The van der Waals surface area contributed by atoms with Crippen molar-refractivity contribution in [2.24, 2.45) is 0 Å². The molecule has 28 heavy (non-hydrogen) atoms. The van der Waals surface area contributed by atoms with Crippen molar-refractivity contribution < 1.29 is 9.69 Å². The van der Waals surface area contributed by atoms with Gasteiger partial charge in [0.05, 0.1) is 32.7 Å². The molecule has 2 aromatic rings. The molecule has 0 unspecified atom stereocenters. The summed E-state index contributed by atoms with van der Waals surface area (Å²) < 4.78 is 0. The summed E-state index contributed by atoms with van der Waals surface area (Å²) in [5.74, 6) is -0.152. The summed E-state index contributed by atoms with van der Waals surface area (Å²) in [6, 6.07) is 12.8. The number of nitrogens with zero attached hydrogens (tertiary/aromatic N) is 1. The Balaban J connectivity index is 1.55. The largest absolute Gasteiger partial charge is 0.374 e. The minimum atomic E-state index is -0.402. The molecule has 2 aromatic carbocycles. The van der Waals surface area contributed by atoms with Crippen molar-refractivity contribution in [3.05, 3.63) is 52.5 Å². The van der Waals surface area contributed by atoms with E-state index in [1.54, 1.807) is 23.1 Å². The minimum Gasteiger partial charge on any atom is -0.374 e. The molecule has 0 aromatic heterocycles. The Morgan fingerprint density at radius 1 is 1.07 bits per heavy atom. The maximum absolute atomic E-state index is 12.4. The summed E-state index contributed by atoms with van der Waals surface area (Å²) >= 11 is 12.0. The molecule has 1 saturated heterocycles. The number of halogens is 2. The highest BCUT2D eigenvalue weighted by Crippen LogP contribution is 2.23. The van der Waals surface area contributed by atoms with Gasteiger partial charge < -0.3 is 20.4 Å². The molecular weight excluding hydrogens is 395 g/mol. The first kappa shape index (κ1) is 20.8. The van der Waals surface area contributed by atoms with Crippen LogP contribution in [0.2, 0.25) is 10.0 Å². The molecule has 1 fully saturated rings. The number of hydrogen-bond donors (Lipinski definition) is 3. The predicted molar refractivity (Wildman–Crippen MR) is 118 cm³/mol. The Bertz CT molecular complexity index is 784. The van der Waals surface area contributed by atoms with E-state index in [1.807, 2.05) is 19.1 Å². The average Bonchev–Trinajstić information content (AvgIpc) is 2.68. The number of benzene rings is 2. The number of nitrogens with one attached hydrogen (secondary N) is 3. The van der Waals surface area contributed by atoms with Crippen LogP contribution < -0.4 is 20.4 Å². The zero-order valence-corrected chi connectivity index (χ0v) is 17.8. The van der Waals surface area contributed by atoms with Gasteiger partial charge in [-0.05, 0) is 56.3 Å². The van der Waals surface area contributed by atoms with Crippen molar-refractivity contribution in [2.45, 2.75) is 19.9 Å². The quantitative estimate of drug-likeness (QED) is 0.671. The molecule has 1 aliphatic rings. The summed E-state index contributed by atoms with van der Waals surface area (Å²) in [7, 11) is 0. The monoisotopic (exact) mass is 421 g/mol. The van der Waals surface area contributed by atoms with E-state index >= 15 is 0 Å². The van der Waals surface area contributed by atoms with Crippen molar-refractivity contribution in [1.29, 1.82) is 0 Å². The molecule has 5 nitrogen and oxygen atoms in total. The van der Waals surface area contributed by atoms with Crippen LogP contribution in [0.4, 0.5) is 17.1 Å². The van der Waals surface area contributed by atoms with E-state index in [9.17, 15) is 4.79 Å². The second-order valence-electron chi connectivity index (χ2n) is 7.15. The molecule has 3 N–H and O–H groups in total. The van der Waals surface area contributed by atoms with Crippen LogP contribution in [0.5, 0.6) is 0 Å². The van der Waals surface area contributed by atoms with Gasteiger partial charge in [0, 0.05) is 27.1 Å². The maximum atomic E-state index is 12.4. The highest BCUT2D eigenvalue weighted by Gasteiger charge is 2.19. The first-order valence-electron chi connectivity index (χ1n) is 9.66. The van der Waals surface area contributed by atoms with Gasteiger partial charge in [0.2, 0.25) is 5.91 Å². The van der Waals surface area contributed by atoms with Gasteiger partial charge in [-0.25, -0.2) is 0 Å². The number of carbonyl (C=O) groups is 1. The van der Waals surface area contributed by atoms with Gasteiger partial charge in [-0.15, -0.1) is 0 Å². The Morgan fingerprint density at radius 2 is 1.68 bits per heavy atom. The van der Waals surface area contributed by atoms with Crippen molar-refractivity contribution >= 4 is 46.2 Å². The molecule has 1 amide bonds. The Labute approximate surface area is 176 Å². The summed E-state index contributed by atoms with van der Waals surface area (Å²) in [6.07, 6.45) is 0. The highest BCUT2D eigenvalue weighted by molar-refractivity contribution is 6.35. The number of amides is 1. The Morgan fingerprint density at radius 3 is 2.25 bits per heavy atom. The van der Waals surface area contributed by atoms with Gasteiger partial charge in [-0.2, -0.15) is 0 Å². The number of anilines is 3. The molecule has 1 aliphatic heterocycles. The van der Waals surface area contributed by atoms with Crippen LogP contribution in [0.3, 0.4) is 0 Å². The molecule has 0 spiro atoms. The molecular formula is C21H27Cl2N4O+. The Hall–Kier alpha value is -1.95. The van der Waals surface area contributed by atoms with Crippen LogP contribution >= 0.6 is 23.2 Å². The van der Waals surface area contributed by atoms with Crippen LogP contribution in [-0.2, 0) is 4.79 Å². The lowest BCUT2D eigenvalue weighted by molar-refractivity contribution is -0.898. The standard InChI is InChI=1S/C21H26Cl2N4O/c1-3-26-8-10-27(11-9-26)20-6-4-18(5-7-20)24-15(2)21(28)25-19-13-16(22)12-17(23)14-19/h4-7,12-15,24H,3,8-11H2,1-2H3,(H,25,28)/p+1/t15-/m1/s1. The third-order valence-electron chi connectivity index (χ3n) is 5.11. The third kappa shape index (κ3) is 5.53. The van der Waals surface area contributed by atoms with Gasteiger partial charge in [-0.3, -0.25) is 4.79 Å². The fraction of sp³-hybridized carbons (Fsp3) is 0.381. The lowest BCUT2D eigenvalue weighted by Crippen LogP contribution is -3.14. The first-order chi connectivity index (χ1) is 13.4. The van der Waals surface area contributed by atoms with Gasteiger partial charge in [0.15, 0.2) is 0 Å². The molecule has 0 radical (unpaired) electrons. The van der Waals surface area contributed by atoms with E-state index in [0.717, 1.165) is 18.8 Å². The van der Waals surface area contributed by atoms with Gasteiger partial charge in [-0.1, -0.05) is 23.2 Å². The molecule has 150 valence electrons. The molecule has 1 atom stereocenters. The topological polar surface area (TPSA) is 48.8 Å². The fourth-order valence-corrected chi connectivity index (χ4v) is 3.92. The maximum Gasteiger partial charge on any atom is 0.246 e. The number of quaternary nitrogens is 1. The minimum absolute atomic E-state index is 0.152. The van der Waals surface area contributed by atoms with Crippen molar-refractivity contribution in [1.82, 2.24) is 0 Å². The predicted octanol–water partition coefficient (Wildman–Crippen LogP) is 3.16. The van der Waals surface area contributed by atoms with Crippen LogP contribution in [-0.4, -0.2) is 44.7 Å². The van der Waals surface area contributed by atoms with E-state index in [1.165, 1.54) is 25.3 Å². The summed E-state index contributed by atoms with van der Waals surface area (Å²) in [4.78, 5) is 16.5. The van der Waals surface area contributed by atoms with E-state index in [2.05, 4.69) is 34.6 Å². The van der Waals surface area contributed by atoms with Crippen LogP contribution in [0.1, 0.15) is 13.8 Å². The summed E-state index contributed by atoms with van der Waals surface area (Å²) in [6.45, 7) is 9.78. The number of likely N-dealkylation sites (N-methyl/N-ethyl adjacent to an activating group) is 1. The van der Waals surface area contributed by atoms with Crippen molar-refractivity contribution in [2.75, 3.05) is 48.3 Å². The normalized spacial score (nSPS) is 15.9. The lowest BCUT2D eigenvalue weighted by Gasteiger charge is -2.33. The second kappa shape index (κ2) is 9.50. The molecule has 1 heterocycles. The van der Waals surface area contributed by atoms with E-state index in [4.69, 9.17) is 23.2 Å². The number of carbonyl (C=O) groups excluding carboxylic acids is 1. The summed E-state index contributed by atoms with van der Waals surface area (Å²) in [5.41, 5.74) is 2.72. The highest BCUT2D eigenvalue weighted by atomic mass is 35.5. The SMILES string of the molecule is CC[NH+]1CCN(c2ccc(N[C@H](C)C(=O)Nc3cc(Cl)cc(Cl)c3)cc2)CC1. The zero-order valence-electron chi connectivity index (χ0n) is 16.3. The molecule has 7 heteroatoms. The molecule has 0 saturated carbocycles. The number of rotatable bonds is 6. The van der Waals surface area contributed by atoms with E-state index in [0.29, 0.717) is 15.7 Å². The van der Waals surface area contributed by atoms with Crippen LogP contribution in [0.25, 0.3) is 0 Å². The third-order valence-corrected chi connectivity index (χ3v) is 5.55. The first-order valence-corrected chi connectivity index (χ1v) is 10.4. The van der Waals surface area contributed by atoms with Crippen LogP contribution in [0.15, 0.2) is 42.5 Å². The van der Waals surface area contributed by atoms with Crippen molar-refractivity contribution in [3.8, 4) is 0 Å². The number of hydrogen-bond acceptors (Lipinski definition) is 3. The molecule has 0 bridgehead atoms. The van der Waals surface area contributed by atoms with Gasteiger partial charge in [0.1, 0.15) is 6.04 Å². The van der Waals surface area contributed by atoms with Gasteiger partial charge in [0.25, 0.3) is 0 Å². The average molecular weight is 422 g/mol. The van der Waals surface area contributed by atoms with Crippen molar-refractivity contribution in [3.63, 3.8) is 0 Å². The molecule has 3 rings (SSSR count). The Kier molecular flexibility index (Phi) is 7.05. The second-order valence-corrected chi connectivity index (χ2v) is 8.02. The number of piperazine rings is 1.